The summed E-state index contributed by atoms with van der Waals surface area (Å²) in [6.45, 7) is 2.50. The number of imide groups is 2. The summed E-state index contributed by atoms with van der Waals surface area (Å²) in [6, 6.07) is 12.3. The Labute approximate surface area is 216 Å². The topological polar surface area (TPSA) is 127 Å². The first-order chi connectivity index (χ1) is 18.2. The first kappa shape index (κ1) is 23.8. The summed E-state index contributed by atoms with van der Waals surface area (Å²) >= 11 is 0. The SMILES string of the molecule is CC(=O)Oc1cccc(N2C(=O)[C@@H]3C4C=CC([C@H]5C(=O)N(c6cccc(OC(C)=O)c6)C(=O)[C@@H]45)[C@@H]3C2=O)c1. The van der Waals surface area contributed by atoms with Crippen molar-refractivity contribution in [1.82, 2.24) is 0 Å². The summed E-state index contributed by atoms with van der Waals surface area (Å²) in [5.74, 6) is -6.92. The van der Waals surface area contributed by atoms with Crippen LogP contribution in [0.3, 0.4) is 0 Å². The molecule has 2 saturated heterocycles. The van der Waals surface area contributed by atoms with Gasteiger partial charge in [0.1, 0.15) is 11.5 Å². The van der Waals surface area contributed by atoms with Gasteiger partial charge in [-0.15, -0.1) is 0 Å². The third kappa shape index (κ3) is 3.40. The molecule has 10 heteroatoms. The second kappa shape index (κ2) is 8.47. The van der Waals surface area contributed by atoms with Gasteiger partial charge in [-0.25, -0.2) is 9.80 Å². The molecule has 7 rings (SSSR count). The first-order valence-electron chi connectivity index (χ1n) is 12.2. The summed E-state index contributed by atoms with van der Waals surface area (Å²) in [4.78, 5) is 79.5. The minimum absolute atomic E-state index is 0.195. The van der Waals surface area contributed by atoms with E-state index in [0.717, 1.165) is 9.80 Å². The number of hydrogen-bond acceptors (Lipinski definition) is 8. The lowest BCUT2D eigenvalue weighted by atomic mass is 9.54. The van der Waals surface area contributed by atoms with Crippen LogP contribution in [0.2, 0.25) is 0 Å². The molecule has 6 atom stereocenters. The quantitative estimate of drug-likeness (QED) is 0.263. The fourth-order valence-corrected chi connectivity index (χ4v) is 6.44. The van der Waals surface area contributed by atoms with Gasteiger partial charge in [-0.3, -0.25) is 28.8 Å². The highest BCUT2D eigenvalue weighted by atomic mass is 16.5. The maximum absolute atomic E-state index is 13.7. The number of carbonyl (C=O) groups is 6. The molecule has 2 aromatic rings. The molecular weight excluding hydrogens is 492 g/mol. The number of rotatable bonds is 4. The second-order valence-corrected chi connectivity index (χ2v) is 9.85. The number of anilines is 2. The Balaban J connectivity index is 1.34. The molecule has 3 aliphatic carbocycles. The lowest BCUT2D eigenvalue weighted by Gasteiger charge is -2.44. The largest absolute Gasteiger partial charge is 0.427 e. The van der Waals surface area contributed by atoms with E-state index in [2.05, 4.69) is 0 Å². The smallest absolute Gasteiger partial charge is 0.308 e. The molecule has 4 amide bonds. The highest BCUT2D eigenvalue weighted by Crippen LogP contribution is 2.58. The average Bonchev–Trinajstić information content (AvgIpc) is 3.30. The van der Waals surface area contributed by atoms with Gasteiger partial charge in [0, 0.05) is 37.8 Å². The molecule has 1 saturated carbocycles. The van der Waals surface area contributed by atoms with Crippen LogP contribution in [0, 0.1) is 35.5 Å². The molecule has 0 aromatic heterocycles. The van der Waals surface area contributed by atoms with E-state index in [4.69, 9.17) is 9.47 Å². The standard InChI is InChI=1S/C28H22N2O8/c1-13(31)37-17-7-3-5-15(11-17)29-25(33)21-19-9-10-20(22(21)26(29)34)24-23(19)27(35)30(28(24)36)16-6-4-8-18(12-16)38-14(2)32/h3-12,19-24H,1-2H3/t19?,20?,21-,22+,23+,24-. The molecule has 3 fully saturated rings. The van der Waals surface area contributed by atoms with Gasteiger partial charge in [0.05, 0.1) is 35.0 Å². The highest BCUT2D eigenvalue weighted by Gasteiger charge is 2.68. The van der Waals surface area contributed by atoms with Crippen molar-refractivity contribution < 1.29 is 38.2 Å². The summed E-state index contributed by atoms with van der Waals surface area (Å²) in [5, 5.41) is 0. The molecule has 10 nitrogen and oxygen atoms in total. The van der Waals surface area contributed by atoms with Gasteiger partial charge < -0.3 is 9.47 Å². The Morgan fingerprint density at radius 3 is 1.26 bits per heavy atom. The molecule has 2 aromatic carbocycles. The Morgan fingerprint density at radius 1 is 0.605 bits per heavy atom. The number of ether oxygens (including phenoxy) is 2. The van der Waals surface area contributed by atoms with Crippen LogP contribution >= 0.6 is 0 Å². The molecule has 0 spiro atoms. The molecule has 5 aliphatic rings. The van der Waals surface area contributed by atoms with Crippen LogP contribution in [0.15, 0.2) is 60.7 Å². The minimum Gasteiger partial charge on any atom is -0.427 e. The number of benzene rings is 2. The number of amides is 4. The van der Waals surface area contributed by atoms with Gasteiger partial charge in [-0.1, -0.05) is 24.3 Å². The van der Waals surface area contributed by atoms with E-state index in [1.807, 2.05) is 0 Å². The van der Waals surface area contributed by atoms with Crippen molar-refractivity contribution in [2.24, 2.45) is 35.5 Å². The number of allylic oxidation sites excluding steroid dienone is 2. The molecule has 2 aliphatic heterocycles. The van der Waals surface area contributed by atoms with E-state index < -0.39 is 71.1 Å². The van der Waals surface area contributed by atoms with Crippen molar-refractivity contribution in [2.75, 3.05) is 9.80 Å². The predicted molar refractivity (Wildman–Crippen MR) is 131 cm³/mol. The zero-order valence-electron chi connectivity index (χ0n) is 20.4. The molecule has 38 heavy (non-hydrogen) atoms. The fourth-order valence-electron chi connectivity index (χ4n) is 6.44. The Morgan fingerprint density at radius 2 is 0.947 bits per heavy atom. The van der Waals surface area contributed by atoms with Crippen molar-refractivity contribution in [3.05, 3.63) is 60.7 Å². The normalized spacial score (nSPS) is 29.0. The molecular formula is C28H22N2O8. The van der Waals surface area contributed by atoms with E-state index in [0.29, 0.717) is 0 Å². The van der Waals surface area contributed by atoms with Gasteiger partial charge >= 0.3 is 11.9 Å². The Bertz CT molecular complexity index is 1330. The average molecular weight is 514 g/mol. The van der Waals surface area contributed by atoms with Gasteiger partial charge in [-0.05, 0) is 24.3 Å². The monoisotopic (exact) mass is 514 g/mol. The maximum Gasteiger partial charge on any atom is 0.308 e. The van der Waals surface area contributed by atoms with Crippen molar-refractivity contribution in [1.29, 1.82) is 0 Å². The Hall–Kier alpha value is -4.60. The second-order valence-electron chi connectivity index (χ2n) is 9.85. The molecule has 192 valence electrons. The van der Waals surface area contributed by atoms with E-state index in [9.17, 15) is 28.8 Å². The molecule has 0 N–H and O–H groups in total. The molecule has 2 bridgehead atoms. The number of hydrogen-bond donors (Lipinski definition) is 0. The summed E-state index contributed by atoms with van der Waals surface area (Å²) < 4.78 is 10.2. The van der Waals surface area contributed by atoms with Crippen LogP contribution in [-0.2, 0) is 28.8 Å². The summed E-state index contributed by atoms with van der Waals surface area (Å²) in [7, 11) is 0. The molecule has 0 radical (unpaired) electrons. The van der Waals surface area contributed by atoms with Crippen LogP contribution in [0.25, 0.3) is 0 Å². The van der Waals surface area contributed by atoms with Crippen molar-refractivity contribution in [2.45, 2.75) is 13.8 Å². The zero-order valence-corrected chi connectivity index (χ0v) is 20.4. The first-order valence-corrected chi connectivity index (χ1v) is 12.2. The van der Waals surface area contributed by atoms with Crippen LogP contribution in [-0.4, -0.2) is 35.6 Å². The van der Waals surface area contributed by atoms with E-state index >= 15 is 0 Å². The number of carbonyl (C=O) groups excluding carboxylic acids is 6. The molecule has 2 unspecified atom stereocenters. The lowest BCUT2D eigenvalue weighted by molar-refractivity contribution is -0.137. The Kier molecular flexibility index (Phi) is 5.30. The summed E-state index contributed by atoms with van der Waals surface area (Å²) in [5.41, 5.74) is 0.526. The maximum atomic E-state index is 13.7. The van der Waals surface area contributed by atoms with E-state index in [1.54, 1.807) is 48.6 Å². The number of nitrogens with zero attached hydrogens (tertiary/aromatic N) is 2. The van der Waals surface area contributed by atoms with Gasteiger partial charge in [0.25, 0.3) is 0 Å². The highest BCUT2D eigenvalue weighted by molar-refractivity contribution is 6.26. The van der Waals surface area contributed by atoms with Gasteiger partial charge in [-0.2, -0.15) is 0 Å². The van der Waals surface area contributed by atoms with E-state index in [-0.39, 0.29) is 22.9 Å². The van der Waals surface area contributed by atoms with Crippen LogP contribution in [0.5, 0.6) is 11.5 Å². The zero-order chi connectivity index (χ0) is 26.9. The minimum atomic E-state index is -0.791. The summed E-state index contributed by atoms with van der Waals surface area (Å²) in [6.07, 6.45) is 3.56. The van der Waals surface area contributed by atoms with Crippen LogP contribution in [0.4, 0.5) is 11.4 Å². The van der Waals surface area contributed by atoms with E-state index in [1.165, 1.54) is 26.0 Å². The predicted octanol–water partition coefficient (Wildman–Crippen LogP) is 2.26. The van der Waals surface area contributed by atoms with Gasteiger partial charge in [0.2, 0.25) is 23.6 Å². The third-order valence-corrected chi connectivity index (χ3v) is 7.68. The van der Waals surface area contributed by atoms with Crippen LogP contribution < -0.4 is 19.3 Å². The van der Waals surface area contributed by atoms with Crippen molar-refractivity contribution >= 4 is 46.9 Å². The molecule has 2 heterocycles. The lowest BCUT2D eigenvalue weighted by Crippen LogP contribution is -2.50. The van der Waals surface area contributed by atoms with Crippen molar-refractivity contribution in [3.8, 4) is 11.5 Å². The van der Waals surface area contributed by atoms with Gasteiger partial charge in [0.15, 0.2) is 0 Å². The fraction of sp³-hybridized carbons (Fsp3) is 0.286. The third-order valence-electron chi connectivity index (χ3n) is 7.68. The number of esters is 2. The van der Waals surface area contributed by atoms with Crippen molar-refractivity contribution in [3.63, 3.8) is 0 Å². The van der Waals surface area contributed by atoms with Crippen LogP contribution in [0.1, 0.15) is 13.8 Å².